The fourth-order valence-corrected chi connectivity index (χ4v) is 14.7. The van der Waals surface area contributed by atoms with Crippen LogP contribution in [0.5, 0.6) is 0 Å². The Bertz CT molecular complexity index is 2250. The lowest BCUT2D eigenvalue weighted by Gasteiger charge is -2.44. The number of aliphatic hydroxyl groups is 1. The van der Waals surface area contributed by atoms with E-state index >= 15 is 0 Å². The molecule has 3 aliphatic heterocycles. The summed E-state index contributed by atoms with van der Waals surface area (Å²) in [6.07, 6.45) is 3.75. The molecule has 346 valence electrons. The number of aliphatic imine (C=N–C) groups is 1. The highest BCUT2D eigenvalue weighted by Gasteiger charge is 2.63. The Morgan fingerprint density at radius 3 is 2.03 bits per heavy atom. The molecule has 0 radical (unpaired) electrons. The molecule has 0 bridgehead atoms. The number of fused-ring (bicyclic) bond motifs is 1. The van der Waals surface area contributed by atoms with Gasteiger partial charge in [0.2, 0.25) is 5.79 Å². The van der Waals surface area contributed by atoms with E-state index in [1.165, 1.54) is 63.3 Å². The number of aromatic nitrogens is 2. The Morgan fingerprint density at radius 1 is 0.875 bits per heavy atom. The topological polar surface area (TPSA) is 174 Å². The van der Waals surface area contributed by atoms with E-state index in [9.17, 15) is 24.2 Å². The van der Waals surface area contributed by atoms with Crippen LogP contribution in [0, 0.1) is 0 Å². The first-order valence-corrected chi connectivity index (χ1v) is 28.3. The van der Waals surface area contributed by atoms with Crippen LogP contribution in [0.2, 0.25) is 23.2 Å². The van der Waals surface area contributed by atoms with E-state index in [1.54, 1.807) is 30.3 Å². The lowest BCUT2D eigenvalue weighted by atomic mass is 10.1. The number of ether oxygens (including phenoxy) is 1. The second-order valence-corrected chi connectivity index (χ2v) is 29.0. The van der Waals surface area contributed by atoms with E-state index in [0.29, 0.717) is 5.56 Å². The third-order valence-electron chi connectivity index (χ3n) is 12.7. The van der Waals surface area contributed by atoms with Crippen molar-refractivity contribution < 1.29 is 37.5 Å². The molecular formula is C47H66N5O9PSi2. The van der Waals surface area contributed by atoms with Crippen LogP contribution in [-0.4, -0.2) is 97.1 Å². The van der Waals surface area contributed by atoms with Gasteiger partial charge in [0, 0.05) is 37.8 Å². The van der Waals surface area contributed by atoms with Crippen LogP contribution in [0.25, 0.3) is 0 Å². The van der Waals surface area contributed by atoms with Crippen LogP contribution in [0.4, 0.5) is 5.82 Å². The third kappa shape index (κ3) is 11.1. The molecule has 17 heteroatoms. The van der Waals surface area contributed by atoms with Gasteiger partial charge in [0.15, 0.2) is 14.5 Å². The molecule has 1 amide bonds. The number of hydrogen-bond donors (Lipinski definition) is 3. The van der Waals surface area contributed by atoms with Gasteiger partial charge in [0.1, 0.15) is 18.0 Å². The number of nitrogens with one attached hydrogen (secondary N) is 1. The number of carbonyl (C=O) groups is 1. The van der Waals surface area contributed by atoms with Gasteiger partial charge in [-0.05, 0) is 71.0 Å². The van der Waals surface area contributed by atoms with Crippen LogP contribution >= 0.6 is 8.25 Å². The van der Waals surface area contributed by atoms with Gasteiger partial charge >= 0.3 is 13.9 Å². The Hall–Kier alpha value is -4.10. The first-order chi connectivity index (χ1) is 30.3. The molecule has 4 heterocycles. The number of carbonyl (C=O) groups excluding carboxylic acids is 1. The highest BCUT2D eigenvalue weighted by atomic mass is 31.1. The minimum absolute atomic E-state index is 0.00143. The predicted molar refractivity (Wildman–Crippen MR) is 257 cm³/mol. The molecule has 3 aromatic carbocycles. The fraction of sp³-hybridized carbons (Fsp3) is 0.489. The summed E-state index contributed by atoms with van der Waals surface area (Å²) in [6, 6.07) is 29.6. The fourth-order valence-electron chi connectivity index (χ4n) is 8.35. The van der Waals surface area contributed by atoms with Crippen LogP contribution < -0.4 is 21.4 Å². The van der Waals surface area contributed by atoms with Crippen molar-refractivity contribution in [2.75, 3.05) is 31.6 Å². The molecule has 7 rings (SSSR count). The van der Waals surface area contributed by atoms with Crippen molar-refractivity contribution in [2.45, 2.75) is 121 Å². The van der Waals surface area contributed by atoms with Crippen LogP contribution in [-0.2, 0) is 22.7 Å². The standard InChI is InChI=1S/C38H50N3O9PSi2.C9H16N2/c1-36(2,3)52(7,8)49-32-34(41-25-24-31(40-35(41)43)39-33(42)27-18-12-9-13-19-27)48-30(38(32,44)50-51(45)46)26-47-53(37(4,5)6,28-20-14-10-15-21-28)29-22-16-11-17-23-29;1-2-5-9-10-6-4-8-11(9)7-3-1/h9-25,30,32,34,44,51H,26H2,1-8H3,(H,45,46)(H,39,40,42,43);1-8H2/t30-,32+,34-,38-;/m1./s1. The monoisotopic (exact) mass is 931 g/mol. The minimum Gasteiger partial charge on any atom is -0.405 e. The number of nitrogens with zero attached hydrogens (tertiary/aromatic N) is 4. The molecule has 1 aromatic heterocycles. The number of benzene rings is 3. The van der Waals surface area contributed by atoms with E-state index in [2.05, 4.69) is 41.0 Å². The van der Waals surface area contributed by atoms with Crippen molar-refractivity contribution in [3.05, 3.63) is 119 Å². The molecule has 5 atom stereocenters. The molecule has 14 nitrogen and oxygen atoms in total. The van der Waals surface area contributed by atoms with Crippen molar-refractivity contribution in [2.24, 2.45) is 4.99 Å². The summed E-state index contributed by atoms with van der Waals surface area (Å²) in [7, 11) is -9.84. The lowest BCUT2D eigenvalue weighted by molar-refractivity contribution is -0.212. The van der Waals surface area contributed by atoms with Gasteiger partial charge in [-0.2, -0.15) is 4.98 Å². The molecule has 0 saturated carbocycles. The molecule has 64 heavy (non-hydrogen) atoms. The molecule has 0 aliphatic carbocycles. The molecule has 1 unspecified atom stereocenters. The highest BCUT2D eigenvalue weighted by Crippen LogP contribution is 2.49. The Labute approximate surface area is 380 Å². The molecule has 2 fully saturated rings. The average Bonchev–Trinajstić information content (AvgIpc) is 3.37. The van der Waals surface area contributed by atoms with Crippen LogP contribution in [0.1, 0.15) is 90.2 Å². The maximum Gasteiger partial charge on any atom is 0.351 e. The Kier molecular flexibility index (Phi) is 15.9. The van der Waals surface area contributed by atoms with Crippen molar-refractivity contribution in [3.63, 3.8) is 0 Å². The molecule has 0 spiro atoms. The van der Waals surface area contributed by atoms with Gasteiger partial charge < -0.3 is 33.8 Å². The van der Waals surface area contributed by atoms with E-state index in [0.717, 1.165) is 21.5 Å². The SMILES string of the molecule is C1CCC2=NCCCN2CC1.CC(C)(C)[Si](C)(C)O[C@H]1[C@H](n2ccc(NC(=O)c3ccccc3)nc2=O)O[C@H](CO[Si](c2ccccc2)(c2ccccc2)C(C)(C)C)[C@@]1(O)O[PH](=O)O. The van der Waals surface area contributed by atoms with Gasteiger partial charge in [-0.3, -0.25) is 23.4 Å². The highest BCUT2D eigenvalue weighted by molar-refractivity contribution is 7.32. The third-order valence-corrected chi connectivity index (χ3v) is 22.7. The number of rotatable bonds is 12. The molecular weight excluding hydrogens is 866 g/mol. The zero-order valence-electron chi connectivity index (χ0n) is 38.5. The molecule has 3 N–H and O–H groups in total. The lowest BCUT2D eigenvalue weighted by Crippen LogP contribution is -2.67. The van der Waals surface area contributed by atoms with Crippen molar-refractivity contribution in [3.8, 4) is 0 Å². The summed E-state index contributed by atoms with van der Waals surface area (Å²) in [5.41, 5.74) is -0.442. The van der Waals surface area contributed by atoms with Crippen LogP contribution in [0.15, 0.2) is 113 Å². The summed E-state index contributed by atoms with van der Waals surface area (Å²) in [4.78, 5) is 47.9. The largest absolute Gasteiger partial charge is 0.405 e. The van der Waals surface area contributed by atoms with Gasteiger partial charge in [-0.25, -0.2) is 4.79 Å². The van der Waals surface area contributed by atoms with E-state index < -0.39 is 65.7 Å². The molecule has 4 aromatic rings. The van der Waals surface area contributed by atoms with E-state index in [4.69, 9.17) is 18.1 Å². The summed E-state index contributed by atoms with van der Waals surface area (Å²) in [5.74, 6) is -1.61. The van der Waals surface area contributed by atoms with Gasteiger partial charge in [-0.1, -0.05) is 127 Å². The van der Waals surface area contributed by atoms with Crippen molar-refractivity contribution in [1.82, 2.24) is 14.5 Å². The summed E-state index contributed by atoms with van der Waals surface area (Å²) >= 11 is 0. The Morgan fingerprint density at radius 2 is 1.47 bits per heavy atom. The summed E-state index contributed by atoms with van der Waals surface area (Å²) in [6.45, 7) is 19.5. The maximum atomic E-state index is 13.7. The minimum atomic E-state index is -3.81. The second-order valence-electron chi connectivity index (χ2n) is 19.2. The van der Waals surface area contributed by atoms with Crippen molar-refractivity contribution in [1.29, 1.82) is 0 Å². The van der Waals surface area contributed by atoms with Crippen molar-refractivity contribution >= 4 is 52.8 Å². The van der Waals surface area contributed by atoms with E-state index in [1.807, 2.05) is 94.5 Å². The van der Waals surface area contributed by atoms with Gasteiger partial charge in [0.25, 0.3) is 14.2 Å². The summed E-state index contributed by atoms with van der Waals surface area (Å²) in [5, 5.41) is 16.3. The number of amides is 1. The quantitative estimate of drug-likeness (QED) is 0.0751. The summed E-state index contributed by atoms with van der Waals surface area (Å²) < 4.78 is 39.6. The first-order valence-electron chi connectivity index (χ1n) is 22.2. The van der Waals surface area contributed by atoms with Crippen LogP contribution in [0.3, 0.4) is 0 Å². The van der Waals surface area contributed by atoms with E-state index in [-0.39, 0.29) is 17.5 Å². The number of amidine groups is 1. The van der Waals surface area contributed by atoms with Gasteiger partial charge in [-0.15, -0.1) is 0 Å². The zero-order chi connectivity index (χ0) is 46.3. The zero-order valence-corrected chi connectivity index (χ0v) is 41.5. The number of hydrogen-bond acceptors (Lipinski definition) is 11. The van der Waals surface area contributed by atoms with Gasteiger partial charge in [0.05, 0.1) is 12.4 Å². The maximum absolute atomic E-state index is 13.7. The smallest absolute Gasteiger partial charge is 0.351 e. The Balaban J connectivity index is 0.000000533. The normalized spacial score (nSPS) is 22.3. The predicted octanol–water partition coefficient (Wildman–Crippen LogP) is 7.11. The first kappa shape index (κ1) is 49.3. The molecule has 2 saturated heterocycles. The molecule has 3 aliphatic rings. The average molecular weight is 932 g/mol. The number of anilines is 1. The second kappa shape index (κ2) is 20.6.